The minimum absolute atomic E-state index is 0.0439. The molecule has 0 unspecified atom stereocenters. The molecule has 18 heavy (non-hydrogen) atoms. The Morgan fingerprint density at radius 3 is 2.33 bits per heavy atom. The van der Waals surface area contributed by atoms with Crippen molar-refractivity contribution in [3.05, 3.63) is 23.3 Å². The first kappa shape index (κ1) is 14.7. The summed E-state index contributed by atoms with van der Waals surface area (Å²) in [5.41, 5.74) is 0.436. The summed E-state index contributed by atoms with van der Waals surface area (Å²) < 4.78 is 37.1. The second kappa shape index (κ2) is 5.97. The summed E-state index contributed by atoms with van der Waals surface area (Å²) in [6.07, 6.45) is 0.417. The van der Waals surface area contributed by atoms with Crippen molar-refractivity contribution < 1.29 is 23.1 Å². The summed E-state index contributed by atoms with van der Waals surface area (Å²) in [6, 6.07) is 3.01. The van der Waals surface area contributed by atoms with Gasteiger partial charge >= 0.3 is 0 Å². The van der Waals surface area contributed by atoms with Crippen LogP contribution in [0, 0.1) is 0 Å². The molecule has 1 aromatic carbocycles. The monoisotopic (exact) mass is 261 g/mol. The molecule has 0 saturated carbocycles. The number of hydrogen-bond acceptors (Lipinski definition) is 4. The summed E-state index contributed by atoms with van der Waals surface area (Å²) in [7, 11) is 2.73. The van der Waals surface area contributed by atoms with Gasteiger partial charge in [-0.25, -0.2) is 14.7 Å². The van der Waals surface area contributed by atoms with Gasteiger partial charge in [-0.3, -0.25) is 0 Å². The lowest BCUT2D eigenvalue weighted by molar-refractivity contribution is 0.0146. The molecule has 0 heterocycles. The Morgan fingerprint density at radius 2 is 1.89 bits per heavy atom. The third-order valence-electron chi connectivity index (χ3n) is 2.52. The molecule has 0 bridgehead atoms. The standard InChI is InChI=1S/C12H17F2NO3/c1-12(13,14)9-6-8(4-5-18-15)7-10(16-2)11(9)17-3/h6-7H,4-5,15H2,1-3H3. The number of nitrogens with two attached hydrogens (primary N) is 1. The Hall–Kier alpha value is -1.40. The fourth-order valence-corrected chi connectivity index (χ4v) is 1.67. The second-order valence-electron chi connectivity index (χ2n) is 3.89. The van der Waals surface area contributed by atoms with Crippen LogP contribution in [-0.2, 0) is 17.2 Å². The fourth-order valence-electron chi connectivity index (χ4n) is 1.67. The van der Waals surface area contributed by atoms with Gasteiger partial charge in [0.15, 0.2) is 11.5 Å². The van der Waals surface area contributed by atoms with Crippen LogP contribution in [0.25, 0.3) is 0 Å². The molecule has 0 aliphatic carbocycles. The highest BCUT2D eigenvalue weighted by atomic mass is 19.3. The van der Waals surface area contributed by atoms with E-state index in [1.165, 1.54) is 20.3 Å². The van der Waals surface area contributed by atoms with Crippen LogP contribution in [0.1, 0.15) is 18.1 Å². The zero-order chi connectivity index (χ0) is 13.8. The maximum absolute atomic E-state index is 13.5. The Kier molecular flexibility index (Phi) is 4.86. The number of alkyl halides is 2. The maximum Gasteiger partial charge on any atom is 0.274 e. The average molecular weight is 261 g/mol. The average Bonchev–Trinajstić information content (AvgIpc) is 2.33. The molecular formula is C12H17F2NO3. The summed E-state index contributed by atoms with van der Waals surface area (Å²) in [4.78, 5) is 4.44. The number of benzene rings is 1. The molecule has 1 rings (SSSR count). The molecule has 0 aliphatic rings. The molecule has 0 aliphatic heterocycles. The van der Waals surface area contributed by atoms with E-state index in [-0.39, 0.29) is 23.7 Å². The summed E-state index contributed by atoms with van der Waals surface area (Å²) in [5.74, 6) is 2.22. The van der Waals surface area contributed by atoms with Gasteiger partial charge in [-0.1, -0.05) is 0 Å². The van der Waals surface area contributed by atoms with Crippen molar-refractivity contribution in [1.82, 2.24) is 0 Å². The van der Waals surface area contributed by atoms with Gasteiger partial charge in [-0.2, -0.15) is 0 Å². The molecule has 0 saturated heterocycles. The molecule has 4 nitrogen and oxygen atoms in total. The first-order valence-corrected chi connectivity index (χ1v) is 5.39. The minimum atomic E-state index is -3.02. The van der Waals surface area contributed by atoms with Crippen LogP contribution in [0.3, 0.4) is 0 Å². The Balaban J connectivity index is 3.27. The van der Waals surface area contributed by atoms with E-state index in [0.717, 1.165) is 6.92 Å². The molecule has 0 spiro atoms. The largest absolute Gasteiger partial charge is 0.493 e. The van der Waals surface area contributed by atoms with E-state index < -0.39 is 5.92 Å². The number of hydrogen-bond donors (Lipinski definition) is 1. The number of methoxy groups -OCH3 is 2. The summed E-state index contributed by atoms with van der Waals surface area (Å²) in [6.45, 7) is 1.05. The van der Waals surface area contributed by atoms with E-state index in [1.54, 1.807) is 6.07 Å². The predicted octanol–water partition coefficient (Wildman–Crippen LogP) is 2.25. The van der Waals surface area contributed by atoms with Gasteiger partial charge in [0.2, 0.25) is 0 Å². The van der Waals surface area contributed by atoms with E-state index in [0.29, 0.717) is 12.0 Å². The van der Waals surface area contributed by atoms with Crippen molar-refractivity contribution in [1.29, 1.82) is 0 Å². The Labute approximate surface area is 105 Å². The highest BCUT2D eigenvalue weighted by Gasteiger charge is 2.31. The lowest BCUT2D eigenvalue weighted by Gasteiger charge is -2.19. The molecule has 6 heteroatoms. The first-order chi connectivity index (χ1) is 8.43. The third-order valence-corrected chi connectivity index (χ3v) is 2.52. The molecule has 0 radical (unpaired) electrons. The quantitative estimate of drug-likeness (QED) is 0.798. The van der Waals surface area contributed by atoms with E-state index >= 15 is 0 Å². The number of rotatable bonds is 6. The summed E-state index contributed by atoms with van der Waals surface area (Å²) in [5, 5.41) is 0. The van der Waals surface area contributed by atoms with Gasteiger partial charge in [-0.05, 0) is 24.1 Å². The zero-order valence-corrected chi connectivity index (χ0v) is 10.6. The smallest absolute Gasteiger partial charge is 0.274 e. The van der Waals surface area contributed by atoms with E-state index in [9.17, 15) is 8.78 Å². The lowest BCUT2D eigenvalue weighted by atomic mass is 10.0. The molecule has 0 amide bonds. The second-order valence-corrected chi connectivity index (χ2v) is 3.89. The first-order valence-electron chi connectivity index (χ1n) is 5.39. The molecule has 102 valence electrons. The zero-order valence-electron chi connectivity index (χ0n) is 10.6. The SMILES string of the molecule is COc1cc(CCON)cc(C(C)(F)F)c1OC. The third kappa shape index (κ3) is 3.30. The van der Waals surface area contributed by atoms with Crippen molar-refractivity contribution in [3.8, 4) is 11.5 Å². The Morgan fingerprint density at radius 1 is 1.22 bits per heavy atom. The summed E-state index contributed by atoms with van der Waals surface area (Å²) >= 11 is 0. The molecule has 2 N–H and O–H groups in total. The number of halogens is 2. The maximum atomic E-state index is 13.5. The lowest BCUT2D eigenvalue weighted by Crippen LogP contribution is -2.12. The molecule has 1 aromatic rings. The van der Waals surface area contributed by atoms with Crippen molar-refractivity contribution in [2.24, 2.45) is 5.90 Å². The molecule has 0 atom stereocenters. The normalized spacial score (nSPS) is 11.4. The van der Waals surface area contributed by atoms with Crippen molar-refractivity contribution in [2.75, 3.05) is 20.8 Å². The van der Waals surface area contributed by atoms with Crippen LogP contribution in [-0.4, -0.2) is 20.8 Å². The number of ether oxygens (including phenoxy) is 2. The highest BCUT2D eigenvalue weighted by molar-refractivity contribution is 5.51. The van der Waals surface area contributed by atoms with E-state index in [2.05, 4.69) is 4.84 Å². The highest BCUT2D eigenvalue weighted by Crippen LogP contribution is 2.41. The van der Waals surface area contributed by atoms with Crippen LogP contribution in [0.2, 0.25) is 0 Å². The van der Waals surface area contributed by atoms with Crippen LogP contribution in [0.15, 0.2) is 12.1 Å². The molecule has 0 aromatic heterocycles. The molecular weight excluding hydrogens is 244 g/mol. The van der Waals surface area contributed by atoms with Gasteiger partial charge in [0.1, 0.15) is 0 Å². The van der Waals surface area contributed by atoms with Crippen LogP contribution in [0.4, 0.5) is 8.78 Å². The van der Waals surface area contributed by atoms with E-state index in [4.69, 9.17) is 15.4 Å². The van der Waals surface area contributed by atoms with E-state index in [1.807, 2.05) is 0 Å². The van der Waals surface area contributed by atoms with Crippen LogP contribution < -0.4 is 15.4 Å². The van der Waals surface area contributed by atoms with Crippen molar-refractivity contribution >= 4 is 0 Å². The minimum Gasteiger partial charge on any atom is -0.493 e. The fraction of sp³-hybridized carbons (Fsp3) is 0.500. The van der Waals surface area contributed by atoms with Crippen LogP contribution in [0.5, 0.6) is 11.5 Å². The van der Waals surface area contributed by atoms with Gasteiger partial charge < -0.3 is 14.3 Å². The van der Waals surface area contributed by atoms with Crippen molar-refractivity contribution in [3.63, 3.8) is 0 Å². The van der Waals surface area contributed by atoms with Gasteiger partial charge in [-0.15, -0.1) is 0 Å². The van der Waals surface area contributed by atoms with Crippen LogP contribution >= 0.6 is 0 Å². The predicted molar refractivity (Wildman–Crippen MR) is 63.0 cm³/mol. The van der Waals surface area contributed by atoms with Gasteiger partial charge in [0.25, 0.3) is 5.92 Å². The van der Waals surface area contributed by atoms with Crippen molar-refractivity contribution in [2.45, 2.75) is 19.3 Å². The van der Waals surface area contributed by atoms with Gasteiger partial charge in [0.05, 0.1) is 26.4 Å². The topological polar surface area (TPSA) is 53.7 Å². The van der Waals surface area contributed by atoms with Gasteiger partial charge in [0, 0.05) is 6.92 Å². The molecule has 0 fully saturated rings. The Bertz CT molecular complexity index is 405.